The highest BCUT2D eigenvalue weighted by molar-refractivity contribution is 7.92. The van der Waals surface area contributed by atoms with Gasteiger partial charge in [-0.2, -0.15) is 0 Å². The molecule has 0 bridgehead atoms. The van der Waals surface area contributed by atoms with Gasteiger partial charge in [0.05, 0.1) is 20.6 Å². The van der Waals surface area contributed by atoms with Crippen molar-refractivity contribution in [3.8, 4) is 0 Å². The Hall–Kier alpha value is -3.07. The summed E-state index contributed by atoms with van der Waals surface area (Å²) in [6.07, 6.45) is 0.322. The molecule has 0 spiro atoms. The predicted octanol–water partition coefficient (Wildman–Crippen LogP) is 5.05. The predicted molar refractivity (Wildman–Crippen MR) is 147 cm³/mol. The molecule has 1 atom stereocenters. The Morgan fingerprint density at radius 2 is 1.59 bits per heavy atom. The van der Waals surface area contributed by atoms with E-state index in [1.54, 1.807) is 67.6 Å². The topological polar surface area (TPSA) is 86.8 Å². The van der Waals surface area contributed by atoms with Crippen LogP contribution < -0.4 is 9.62 Å². The first-order valence-electron chi connectivity index (χ1n) is 11.7. The second kappa shape index (κ2) is 12.4. The lowest BCUT2D eigenvalue weighted by Crippen LogP contribution is -2.51. The molecule has 196 valence electrons. The summed E-state index contributed by atoms with van der Waals surface area (Å²) in [6.45, 7) is 3.20. The number of carbonyl (C=O) groups is 2. The molecule has 37 heavy (non-hydrogen) atoms. The van der Waals surface area contributed by atoms with Crippen molar-refractivity contribution in [2.24, 2.45) is 0 Å². The van der Waals surface area contributed by atoms with Crippen molar-refractivity contribution in [1.82, 2.24) is 10.2 Å². The fraction of sp³-hybridized carbons (Fsp3) is 0.259. The van der Waals surface area contributed by atoms with Gasteiger partial charge in [-0.25, -0.2) is 8.42 Å². The summed E-state index contributed by atoms with van der Waals surface area (Å²) in [5.74, 6) is -0.898. The Bertz CT molecular complexity index is 1350. The van der Waals surface area contributed by atoms with Crippen LogP contribution in [-0.4, -0.2) is 44.8 Å². The van der Waals surface area contributed by atoms with Crippen LogP contribution >= 0.6 is 23.2 Å². The number of hydrogen-bond acceptors (Lipinski definition) is 4. The molecule has 2 amide bonds. The zero-order chi connectivity index (χ0) is 27.2. The molecule has 0 saturated carbocycles. The van der Waals surface area contributed by atoms with Crippen molar-refractivity contribution < 1.29 is 18.0 Å². The first-order valence-corrected chi connectivity index (χ1v) is 13.9. The number of likely N-dealkylation sites (N-methyl/N-ethyl adjacent to an activating group) is 1. The molecule has 0 radical (unpaired) electrons. The molecular formula is C27H29Cl2N3O4S. The summed E-state index contributed by atoms with van der Waals surface area (Å²) in [5.41, 5.74) is 1.93. The molecule has 0 aromatic heterocycles. The molecule has 1 N–H and O–H groups in total. The lowest BCUT2D eigenvalue weighted by atomic mass is 10.1. The summed E-state index contributed by atoms with van der Waals surface area (Å²) in [5, 5.41) is 3.27. The Labute approximate surface area is 228 Å². The molecule has 3 aromatic carbocycles. The van der Waals surface area contributed by atoms with Crippen LogP contribution in [0.4, 0.5) is 5.69 Å². The maximum absolute atomic E-state index is 13.8. The fourth-order valence-corrected chi connectivity index (χ4v) is 5.64. The third-order valence-corrected chi connectivity index (χ3v) is 8.43. The smallest absolute Gasteiger partial charge is 0.264 e. The number of nitrogens with one attached hydrogen (secondary N) is 1. The molecule has 0 aliphatic rings. The molecule has 0 fully saturated rings. The number of hydrogen-bond donors (Lipinski definition) is 1. The van der Waals surface area contributed by atoms with E-state index in [2.05, 4.69) is 5.32 Å². The number of aryl methyl sites for hydroxylation is 1. The number of benzene rings is 3. The van der Waals surface area contributed by atoms with Gasteiger partial charge in [0.2, 0.25) is 11.8 Å². The number of halogens is 2. The van der Waals surface area contributed by atoms with Crippen LogP contribution in [0, 0.1) is 6.92 Å². The summed E-state index contributed by atoms with van der Waals surface area (Å²) >= 11 is 12.2. The second-order valence-corrected chi connectivity index (χ2v) is 11.1. The molecular weight excluding hydrogens is 533 g/mol. The number of rotatable bonds is 10. The fourth-order valence-electron chi connectivity index (χ4n) is 3.88. The Balaban J connectivity index is 2.05. The average Bonchev–Trinajstić information content (AvgIpc) is 2.89. The molecule has 7 nitrogen and oxygen atoms in total. The lowest BCUT2D eigenvalue weighted by Gasteiger charge is -2.33. The van der Waals surface area contributed by atoms with Crippen molar-refractivity contribution in [2.45, 2.75) is 37.8 Å². The highest BCUT2D eigenvalue weighted by Gasteiger charge is 2.33. The average molecular weight is 563 g/mol. The third kappa shape index (κ3) is 6.83. The van der Waals surface area contributed by atoms with E-state index in [9.17, 15) is 18.0 Å². The first-order chi connectivity index (χ1) is 17.6. The van der Waals surface area contributed by atoms with Gasteiger partial charge < -0.3 is 10.2 Å². The van der Waals surface area contributed by atoms with Crippen molar-refractivity contribution >= 4 is 50.7 Å². The molecule has 0 unspecified atom stereocenters. The van der Waals surface area contributed by atoms with E-state index in [1.165, 1.54) is 24.1 Å². The van der Waals surface area contributed by atoms with Gasteiger partial charge in [0.15, 0.2) is 0 Å². The van der Waals surface area contributed by atoms with E-state index >= 15 is 0 Å². The van der Waals surface area contributed by atoms with Crippen LogP contribution in [0.5, 0.6) is 0 Å². The lowest BCUT2D eigenvalue weighted by molar-refractivity contribution is -0.140. The number of carbonyl (C=O) groups excluding carboxylic acids is 2. The number of anilines is 1. The van der Waals surface area contributed by atoms with Crippen LogP contribution in [0.3, 0.4) is 0 Å². The third-order valence-electron chi connectivity index (χ3n) is 5.90. The van der Waals surface area contributed by atoms with Gasteiger partial charge in [-0.3, -0.25) is 13.9 Å². The largest absolute Gasteiger partial charge is 0.357 e. The number of nitrogens with zero attached hydrogens (tertiary/aromatic N) is 2. The standard InChI is InChI=1S/C27H29Cl2N3O4S/c1-4-25(27(34)30-3)31(17-20-12-15-23(28)24(29)16-20)26(33)18-32(21-13-10-19(2)11-14-21)37(35,36)22-8-6-5-7-9-22/h5-16,25H,4,17-18H2,1-3H3,(H,30,34)/t25-/m1/s1. The SMILES string of the molecule is CC[C@H](C(=O)NC)N(Cc1ccc(Cl)c(Cl)c1)C(=O)CN(c1ccc(C)cc1)S(=O)(=O)c1ccccc1. The van der Waals surface area contributed by atoms with Gasteiger partial charge in [0, 0.05) is 13.6 Å². The minimum atomic E-state index is -4.09. The summed E-state index contributed by atoms with van der Waals surface area (Å²) in [4.78, 5) is 28.0. The van der Waals surface area contributed by atoms with E-state index < -0.39 is 28.5 Å². The van der Waals surface area contributed by atoms with Gasteiger partial charge in [-0.15, -0.1) is 0 Å². The van der Waals surface area contributed by atoms with Gasteiger partial charge >= 0.3 is 0 Å². The molecule has 0 saturated heterocycles. The van der Waals surface area contributed by atoms with E-state index in [0.717, 1.165) is 9.87 Å². The van der Waals surface area contributed by atoms with Gasteiger partial charge in [-0.05, 0) is 55.3 Å². The Morgan fingerprint density at radius 1 is 0.946 bits per heavy atom. The zero-order valence-electron chi connectivity index (χ0n) is 20.8. The quantitative estimate of drug-likeness (QED) is 0.375. The van der Waals surface area contributed by atoms with E-state index in [0.29, 0.717) is 27.7 Å². The highest BCUT2D eigenvalue weighted by atomic mass is 35.5. The minimum absolute atomic E-state index is 0.0365. The van der Waals surface area contributed by atoms with Crippen LogP contribution in [0.25, 0.3) is 0 Å². The summed E-state index contributed by atoms with van der Waals surface area (Å²) in [6, 6.07) is 18.9. The summed E-state index contributed by atoms with van der Waals surface area (Å²) in [7, 11) is -2.60. The zero-order valence-corrected chi connectivity index (χ0v) is 23.1. The highest BCUT2D eigenvalue weighted by Crippen LogP contribution is 2.27. The Kier molecular flexibility index (Phi) is 9.59. The molecule has 3 aromatic rings. The van der Waals surface area contributed by atoms with Crippen LogP contribution in [-0.2, 0) is 26.2 Å². The van der Waals surface area contributed by atoms with Crippen LogP contribution in [0.1, 0.15) is 24.5 Å². The number of amides is 2. The maximum atomic E-state index is 13.8. The van der Waals surface area contributed by atoms with Crippen LogP contribution in [0.2, 0.25) is 10.0 Å². The molecule has 0 aliphatic carbocycles. The van der Waals surface area contributed by atoms with Crippen molar-refractivity contribution in [1.29, 1.82) is 0 Å². The molecule has 10 heteroatoms. The minimum Gasteiger partial charge on any atom is -0.357 e. The van der Waals surface area contributed by atoms with Gasteiger partial charge in [0.25, 0.3) is 10.0 Å². The molecule has 3 rings (SSSR count). The normalized spacial score (nSPS) is 12.0. The van der Waals surface area contributed by atoms with Crippen LogP contribution in [0.15, 0.2) is 77.7 Å². The molecule has 0 aliphatic heterocycles. The van der Waals surface area contributed by atoms with E-state index in [4.69, 9.17) is 23.2 Å². The van der Waals surface area contributed by atoms with Crippen molar-refractivity contribution in [3.63, 3.8) is 0 Å². The van der Waals surface area contributed by atoms with Crippen molar-refractivity contribution in [3.05, 3.63) is 94.0 Å². The van der Waals surface area contributed by atoms with E-state index in [1.807, 2.05) is 6.92 Å². The summed E-state index contributed by atoms with van der Waals surface area (Å²) < 4.78 is 28.5. The maximum Gasteiger partial charge on any atom is 0.264 e. The van der Waals surface area contributed by atoms with Crippen molar-refractivity contribution in [2.75, 3.05) is 17.9 Å². The number of sulfonamides is 1. The van der Waals surface area contributed by atoms with Gasteiger partial charge in [0.1, 0.15) is 12.6 Å². The Morgan fingerprint density at radius 3 is 2.16 bits per heavy atom. The van der Waals surface area contributed by atoms with E-state index in [-0.39, 0.29) is 17.3 Å². The monoisotopic (exact) mass is 561 g/mol. The second-order valence-electron chi connectivity index (χ2n) is 8.47. The first kappa shape index (κ1) is 28.5. The van der Waals surface area contributed by atoms with Gasteiger partial charge in [-0.1, -0.05) is 72.1 Å². The molecule has 0 heterocycles.